The van der Waals surface area contributed by atoms with Crippen LogP contribution in [0.5, 0.6) is 0 Å². The van der Waals surface area contributed by atoms with Gasteiger partial charge in [0.05, 0.1) is 30.5 Å². The molecule has 1 aromatic rings. The highest BCUT2D eigenvalue weighted by molar-refractivity contribution is 6.00. The molecule has 0 atom stereocenters. The number of carbonyl (C=O) groups is 1. The zero-order valence-corrected chi connectivity index (χ0v) is 6.40. The number of nitrogens with zero attached hydrogens (tertiary/aromatic N) is 3. The largest absolute Gasteiger partial charge is 0.365 e. The van der Waals surface area contributed by atoms with Crippen LogP contribution in [0.3, 0.4) is 0 Å². The lowest BCUT2D eigenvalue weighted by atomic mass is 10.2. The second-order valence-corrected chi connectivity index (χ2v) is 2.57. The summed E-state index contributed by atoms with van der Waals surface area (Å²) in [6, 6.07) is 0. The standard InChI is InChI=1S/C7H8N4O/c8-7(12)5-3-10-11-2-1-9-4-6(5)11/h3-4H,1-2H2,(H2,8,12). The number of amides is 1. The van der Waals surface area contributed by atoms with Gasteiger partial charge in [-0.25, -0.2) is 0 Å². The Balaban J connectivity index is 2.54. The SMILES string of the molecule is NC(=O)c1cnn2c1C=NCC2. The first-order chi connectivity index (χ1) is 5.79. The molecule has 1 amide bonds. The third-order valence-electron chi connectivity index (χ3n) is 1.80. The van der Waals surface area contributed by atoms with Crippen LogP contribution in [0.15, 0.2) is 11.2 Å². The molecule has 1 aromatic heterocycles. The van der Waals surface area contributed by atoms with E-state index in [9.17, 15) is 4.79 Å². The summed E-state index contributed by atoms with van der Waals surface area (Å²) in [5, 5.41) is 4.00. The molecule has 2 N–H and O–H groups in total. The van der Waals surface area contributed by atoms with Gasteiger partial charge in [-0.3, -0.25) is 14.5 Å². The third-order valence-corrected chi connectivity index (χ3v) is 1.80. The maximum absolute atomic E-state index is 10.8. The van der Waals surface area contributed by atoms with Crippen LogP contribution in [0.25, 0.3) is 0 Å². The first-order valence-corrected chi connectivity index (χ1v) is 3.64. The number of carbonyl (C=O) groups excluding carboxylic acids is 1. The Hall–Kier alpha value is -1.65. The van der Waals surface area contributed by atoms with E-state index in [2.05, 4.69) is 10.1 Å². The van der Waals surface area contributed by atoms with Gasteiger partial charge in [0.25, 0.3) is 5.91 Å². The second kappa shape index (κ2) is 2.44. The van der Waals surface area contributed by atoms with Crippen LogP contribution in [0.1, 0.15) is 16.1 Å². The Morgan fingerprint density at radius 1 is 1.67 bits per heavy atom. The Kier molecular flexibility index (Phi) is 1.43. The van der Waals surface area contributed by atoms with Crippen LogP contribution < -0.4 is 5.73 Å². The van der Waals surface area contributed by atoms with Crippen LogP contribution in [-0.4, -0.2) is 28.4 Å². The van der Waals surface area contributed by atoms with Gasteiger partial charge in [-0.1, -0.05) is 0 Å². The van der Waals surface area contributed by atoms with Crippen LogP contribution >= 0.6 is 0 Å². The average molecular weight is 164 g/mol. The minimum Gasteiger partial charge on any atom is -0.365 e. The number of fused-ring (bicyclic) bond motifs is 1. The monoisotopic (exact) mass is 164 g/mol. The predicted molar refractivity (Wildman–Crippen MR) is 43.2 cm³/mol. The Morgan fingerprint density at radius 2 is 2.50 bits per heavy atom. The van der Waals surface area contributed by atoms with Crippen molar-refractivity contribution in [3.8, 4) is 0 Å². The summed E-state index contributed by atoms with van der Waals surface area (Å²) in [5.41, 5.74) is 6.29. The van der Waals surface area contributed by atoms with Crippen molar-refractivity contribution in [2.75, 3.05) is 6.54 Å². The minimum atomic E-state index is -0.454. The fourth-order valence-corrected chi connectivity index (χ4v) is 1.20. The molecule has 62 valence electrons. The Morgan fingerprint density at radius 3 is 3.25 bits per heavy atom. The Bertz CT molecular complexity index is 352. The van der Waals surface area contributed by atoms with Gasteiger partial charge in [0.1, 0.15) is 0 Å². The van der Waals surface area contributed by atoms with Crippen LogP contribution in [0, 0.1) is 0 Å². The maximum Gasteiger partial charge on any atom is 0.252 e. The van der Waals surface area contributed by atoms with Crippen molar-refractivity contribution >= 4 is 12.1 Å². The van der Waals surface area contributed by atoms with E-state index in [4.69, 9.17) is 5.73 Å². The van der Waals surface area contributed by atoms with Crippen molar-refractivity contribution in [2.45, 2.75) is 6.54 Å². The molecule has 0 unspecified atom stereocenters. The number of primary amides is 1. The summed E-state index contributed by atoms with van der Waals surface area (Å²) in [6.45, 7) is 1.44. The topological polar surface area (TPSA) is 73.3 Å². The number of nitrogens with two attached hydrogens (primary N) is 1. The second-order valence-electron chi connectivity index (χ2n) is 2.57. The van der Waals surface area contributed by atoms with Gasteiger partial charge in [-0.2, -0.15) is 5.10 Å². The summed E-state index contributed by atoms with van der Waals surface area (Å²) >= 11 is 0. The first kappa shape index (κ1) is 7.02. The van der Waals surface area contributed by atoms with Crippen molar-refractivity contribution in [1.29, 1.82) is 0 Å². The molecular weight excluding hydrogens is 156 g/mol. The maximum atomic E-state index is 10.8. The van der Waals surface area contributed by atoms with E-state index in [0.29, 0.717) is 17.8 Å². The molecule has 2 heterocycles. The molecule has 12 heavy (non-hydrogen) atoms. The van der Waals surface area contributed by atoms with Gasteiger partial charge in [0, 0.05) is 6.21 Å². The highest BCUT2D eigenvalue weighted by atomic mass is 16.1. The number of hydrogen-bond acceptors (Lipinski definition) is 3. The Labute approximate surface area is 68.9 Å². The molecule has 5 nitrogen and oxygen atoms in total. The van der Waals surface area contributed by atoms with Gasteiger partial charge >= 0.3 is 0 Å². The smallest absolute Gasteiger partial charge is 0.252 e. The first-order valence-electron chi connectivity index (χ1n) is 3.64. The highest BCUT2D eigenvalue weighted by Crippen LogP contribution is 2.08. The minimum absolute atomic E-state index is 0.443. The number of aliphatic imine (C=N–C) groups is 1. The number of rotatable bonds is 1. The molecule has 2 rings (SSSR count). The van der Waals surface area contributed by atoms with Crippen molar-refractivity contribution in [3.63, 3.8) is 0 Å². The van der Waals surface area contributed by atoms with Gasteiger partial charge in [0.2, 0.25) is 0 Å². The molecule has 5 heteroatoms. The van der Waals surface area contributed by atoms with E-state index in [1.54, 1.807) is 10.9 Å². The molecular formula is C7H8N4O. The zero-order valence-electron chi connectivity index (χ0n) is 6.40. The molecule has 1 aliphatic rings. The van der Waals surface area contributed by atoms with Crippen molar-refractivity contribution in [1.82, 2.24) is 9.78 Å². The molecule has 1 aliphatic heterocycles. The van der Waals surface area contributed by atoms with Crippen LogP contribution in [0.4, 0.5) is 0 Å². The predicted octanol–water partition coefficient (Wildman–Crippen LogP) is -0.586. The van der Waals surface area contributed by atoms with Gasteiger partial charge in [-0.05, 0) is 0 Å². The van der Waals surface area contributed by atoms with Crippen molar-refractivity contribution in [3.05, 3.63) is 17.5 Å². The van der Waals surface area contributed by atoms with Crippen LogP contribution in [0.2, 0.25) is 0 Å². The lowest BCUT2D eigenvalue weighted by Crippen LogP contribution is -2.17. The highest BCUT2D eigenvalue weighted by Gasteiger charge is 2.14. The summed E-state index contributed by atoms with van der Waals surface area (Å²) in [7, 11) is 0. The number of hydrogen-bond donors (Lipinski definition) is 1. The van der Waals surface area contributed by atoms with Crippen molar-refractivity contribution in [2.24, 2.45) is 10.7 Å². The molecule has 0 aromatic carbocycles. The molecule has 0 bridgehead atoms. The van der Waals surface area contributed by atoms with E-state index in [1.807, 2.05) is 0 Å². The summed E-state index contributed by atoms with van der Waals surface area (Å²) in [4.78, 5) is 14.9. The van der Waals surface area contributed by atoms with E-state index in [0.717, 1.165) is 6.54 Å². The molecule has 0 saturated heterocycles. The summed E-state index contributed by atoms with van der Waals surface area (Å²) < 4.78 is 1.73. The normalized spacial score (nSPS) is 14.3. The fraction of sp³-hybridized carbons (Fsp3) is 0.286. The lowest BCUT2D eigenvalue weighted by molar-refractivity contribution is 0.1000. The quantitative estimate of drug-likeness (QED) is 0.602. The summed E-state index contributed by atoms with van der Waals surface area (Å²) in [6.07, 6.45) is 3.12. The zero-order chi connectivity index (χ0) is 8.55. The van der Waals surface area contributed by atoms with E-state index < -0.39 is 5.91 Å². The van der Waals surface area contributed by atoms with E-state index in [-0.39, 0.29) is 0 Å². The van der Waals surface area contributed by atoms with E-state index in [1.165, 1.54) is 6.20 Å². The van der Waals surface area contributed by atoms with E-state index >= 15 is 0 Å². The number of aromatic nitrogens is 2. The fourth-order valence-electron chi connectivity index (χ4n) is 1.20. The molecule has 0 fully saturated rings. The van der Waals surface area contributed by atoms with Crippen molar-refractivity contribution < 1.29 is 4.79 Å². The third kappa shape index (κ3) is 0.903. The van der Waals surface area contributed by atoms with Gasteiger partial charge in [-0.15, -0.1) is 0 Å². The molecule has 0 spiro atoms. The lowest BCUT2D eigenvalue weighted by Gasteiger charge is -2.06. The molecule has 0 saturated carbocycles. The van der Waals surface area contributed by atoms with Gasteiger partial charge in [0.15, 0.2) is 0 Å². The molecule has 0 aliphatic carbocycles. The summed E-state index contributed by atoms with van der Waals surface area (Å²) in [5.74, 6) is -0.454. The van der Waals surface area contributed by atoms with Gasteiger partial charge < -0.3 is 5.73 Å². The average Bonchev–Trinajstić information content (AvgIpc) is 2.47. The molecule has 0 radical (unpaired) electrons. The van der Waals surface area contributed by atoms with Crippen LogP contribution in [-0.2, 0) is 6.54 Å².